The molecule has 2 heterocycles. The quantitative estimate of drug-likeness (QED) is 0.693. The third kappa shape index (κ3) is 3.48. The maximum atomic E-state index is 11.6. The molecule has 2 aliphatic rings. The maximum Gasteiger partial charge on any atom is 0.336 e. The number of carbonyl (C=O) groups is 1. The number of hydrogen-bond donors (Lipinski definition) is 1. The molecule has 0 bridgehead atoms. The molecule has 0 aromatic heterocycles. The van der Waals surface area contributed by atoms with Gasteiger partial charge in [0.05, 0.1) is 5.56 Å². The topological polar surface area (TPSA) is 43.8 Å². The van der Waals surface area contributed by atoms with Crippen LogP contribution in [0.1, 0.15) is 27.9 Å². The van der Waals surface area contributed by atoms with Gasteiger partial charge in [0.1, 0.15) is 0 Å². The van der Waals surface area contributed by atoms with Gasteiger partial charge in [0.25, 0.3) is 0 Å². The van der Waals surface area contributed by atoms with E-state index < -0.39 is 5.97 Å². The van der Waals surface area contributed by atoms with E-state index in [0.29, 0.717) is 11.6 Å². The minimum absolute atomic E-state index is 0.444. The Morgan fingerprint density at radius 3 is 2.57 bits per heavy atom. The van der Waals surface area contributed by atoms with Crippen LogP contribution in [-0.4, -0.2) is 41.7 Å². The zero-order chi connectivity index (χ0) is 20.5. The largest absolute Gasteiger partial charge is 0.478 e. The Hall–Kier alpha value is -3.11. The minimum atomic E-state index is -0.818. The fourth-order valence-electron chi connectivity index (χ4n) is 5.04. The van der Waals surface area contributed by atoms with Crippen molar-refractivity contribution in [1.29, 1.82) is 0 Å². The number of hydrogen-bond acceptors (Lipinski definition) is 3. The van der Waals surface area contributed by atoms with Gasteiger partial charge < -0.3 is 10.0 Å². The van der Waals surface area contributed by atoms with Crippen LogP contribution in [0.5, 0.6) is 0 Å². The van der Waals surface area contributed by atoms with Crippen molar-refractivity contribution >= 4 is 11.7 Å². The molecule has 30 heavy (non-hydrogen) atoms. The molecule has 1 saturated heterocycles. The second kappa shape index (κ2) is 7.96. The molecular weight excluding hydrogens is 372 g/mol. The molecule has 1 fully saturated rings. The van der Waals surface area contributed by atoms with Gasteiger partial charge in [-0.3, -0.25) is 4.90 Å². The maximum absolute atomic E-state index is 11.6. The lowest BCUT2D eigenvalue weighted by molar-refractivity contribution is 0.0695. The molecular formula is C26H26N2O2. The first-order chi connectivity index (χ1) is 14.7. The van der Waals surface area contributed by atoms with Gasteiger partial charge in [-0.1, -0.05) is 60.7 Å². The van der Waals surface area contributed by atoms with Crippen LogP contribution in [0.2, 0.25) is 0 Å². The number of carboxylic acids is 1. The summed E-state index contributed by atoms with van der Waals surface area (Å²) in [6.07, 6.45) is 1.85. The van der Waals surface area contributed by atoms with Crippen LogP contribution in [0, 0.1) is 0 Å². The minimum Gasteiger partial charge on any atom is -0.478 e. The molecule has 1 atom stereocenters. The van der Waals surface area contributed by atoms with E-state index >= 15 is 0 Å². The first-order valence-electron chi connectivity index (χ1n) is 10.7. The monoisotopic (exact) mass is 398 g/mol. The Morgan fingerprint density at radius 1 is 0.933 bits per heavy atom. The number of benzene rings is 3. The van der Waals surface area contributed by atoms with Crippen molar-refractivity contribution < 1.29 is 9.90 Å². The second-order valence-electron chi connectivity index (χ2n) is 8.25. The molecule has 4 nitrogen and oxygen atoms in total. The zero-order valence-electron chi connectivity index (χ0n) is 17.0. The van der Waals surface area contributed by atoms with Crippen LogP contribution in [0.3, 0.4) is 0 Å². The predicted molar refractivity (Wildman–Crippen MR) is 120 cm³/mol. The van der Waals surface area contributed by atoms with Gasteiger partial charge in [0.2, 0.25) is 0 Å². The summed E-state index contributed by atoms with van der Waals surface area (Å²) in [6, 6.07) is 25.4. The molecule has 3 aromatic carbocycles. The van der Waals surface area contributed by atoms with Gasteiger partial charge in [0.15, 0.2) is 0 Å². The van der Waals surface area contributed by atoms with E-state index in [4.69, 9.17) is 0 Å². The predicted octanol–water partition coefficient (Wildman–Crippen LogP) is 4.69. The summed E-state index contributed by atoms with van der Waals surface area (Å²) in [6.45, 7) is 3.88. The van der Waals surface area contributed by atoms with E-state index in [1.807, 2.05) is 6.07 Å². The van der Waals surface area contributed by atoms with Gasteiger partial charge in [-0.2, -0.15) is 0 Å². The first-order valence-corrected chi connectivity index (χ1v) is 10.7. The Morgan fingerprint density at radius 2 is 1.73 bits per heavy atom. The van der Waals surface area contributed by atoms with Crippen LogP contribution in [0.25, 0.3) is 11.1 Å². The molecule has 0 aliphatic carbocycles. The van der Waals surface area contributed by atoms with Crippen molar-refractivity contribution in [2.24, 2.45) is 0 Å². The summed E-state index contributed by atoms with van der Waals surface area (Å²) in [4.78, 5) is 16.6. The lowest BCUT2D eigenvalue weighted by atomic mass is 9.90. The third-order valence-electron chi connectivity index (χ3n) is 6.48. The van der Waals surface area contributed by atoms with Crippen LogP contribution < -0.4 is 4.90 Å². The molecule has 5 rings (SSSR count). The summed E-state index contributed by atoms with van der Waals surface area (Å²) in [5.41, 5.74) is 6.52. The number of anilines is 1. The van der Waals surface area contributed by atoms with Crippen LogP contribution >= 0.6 is 0 Å². The molecule has 0 spiro atoms. The number of nitrogens with zero attached hydrogens (tertiary/aromatic N) is 2. The summed E-state index contributed by atoms with van der Waals surface area (Å²) in [7, 11) is 0. The van der Waals surface area contributed by atoms with Crippen molar-refractivity contribution in [2.75, 3.05) is 24.5 Å². The van der Waals surface area contributed by atoms with E-state index in [0.717, 1.165) is 50.3 Å². The highest BCUT2D eigenvalue weighted by atomic mass is 16.4. The molecule has 0 unspecified atom stereocenters. The molecule has 0 saturated carbocycles. The Bertz CT molecular complexity index is 1060. The molecule has 4 heteroatoms. The number of carboxylic acid groups (broad SMARTS) is 1. The van der Waals surface area contributed by atoms with E-state index in [-0.39, 0.29) is 0 Å². The first kappa shape index (κ1) is 18.9. The van der Waals surface area contributed by atoms with Gasteiger partial charge in [0, 0.05) is 37.9 Å². The lowest BCUT2D eigenvalue weighted by Gasteiger charge is -2.46. The van der Waals surface area contributed by atoms with E-state index in [2.05, 4.69) is 70.5 Å². The van der Waals surface area contributed by atoms with Crippen molar-refractivity contribution in [1.82, 2.24) is 4.90 Å². The third-order valence-corrected chi connectivity index (χ3v) is 6.48. The average molecular weight is 399 g/mol. The van der Waals surface area contributed by atoms with Crippen molar-refractivity contribution in [3.8, 4) is 11.1 Å². The normalized spacial score (nSPS) is 18.5. The highest BCUT2D eigenvalue weighted by molar-refractivity contribution is 5.91. The highest BCUT2D eigenvalue weighted by Crippen LogP contribution is 2.35. The highest BCUT2D eigenvalue weighted by Gasteiger charge is 2.33. The van der Waals surface area contributed by atoms with E-state index in [1.165, 1.54) is 16.7 Å². The molecule has 1 N–H and O–H groups in total. The Kier molecular flexibility index (Phi) is 5.01. The Balaban J connectivity index is 1.35. The van der Waals surface area contributed by atoms with Gasteiger partial charge in [-0.05, 0) is 47.2 Å². The summed E-state index contributed by atoms with van der Waals surface area (Å²) >= 11 is 0. The van der Waals surface area contributed by atoms with Gasteiger partial charge in [-0.15, -0.1) is 0 Å². The number of rotatable bonds is 4. The molecule has 3 aromatic rings. The fourth-order valence-corrected chi connectivity index (χ4v) is 5.04. The standard InChI is InChI=1S/C26H26N2O2/c29-26(30)24-11-6-12-25-23(24)14-13-21-18-27(15-16-28(21)25)17-20-9-4-5-10-22(20)19-7-2-1-3-8-19/h1-12,21H,13-18H2,(H,29,30)/t21-/m0/s1. The summed E-state index contributed by atoms with van der Waals surface area (Å²) in [5.74, 6) is -0.818. The molecule has 0 radical (unpaired) electrons. The fraction of sp³-hybridized carbons (Fsp3) is 0.269. The Labute approximate surface area is 177 Å². The van der Waals surface area contributed by atoms with Crippen molar-refractivity contribution in [3.63, 3.8) is 0 Å². The second-order valence-corrected chi connectivity index (χ2v) is 8.25. The van der Waals surface area contributed by atoms with Crippen molar-refractivity contribution in [2.45, 2.75) is 25.4 Å². The molecule has 0 amide bonds. The van der Waals surface area contributed by atoms with E-state index in [9.17, 15) is 9.90 Å². The van der Waals surface area contributed by atoms with Gasteiger partial charge >= 0.3 is 5.97 Å². The van der Waals surface area contributed by atoms with E-state index in [1.54, 1.807) is 6.07 Å². The summed E-state index contributed by atoms with van der Waals surface area (Å²) in [5, 5.41) is 9.54. The number of piperazine rings is 1. The lowest BCUT2D eigenvalue weighted by Crippen LogP contribution is -2.54. The SMILES string of the molecule is O=C(O)c1cccc2c1CC[C@H]1CN(Cc3ccccc3-c3ccccc3)CCN21. The van der Waals surface area contributed by atoms with Crippen LogP contribution in [0.15, 0.2) is 72.8 Å². The smallest absolute Gasteiger partial charge is 0.336 e. The van der Waals surface area contributed by atoms with Crippen LogP contribution in [0.4, 0.5) is 5.69 Å². The van der Waals surface area contributed by atoms with Crippen molar-refractivity contribution in [3.05, 3.63) is 89.5 Å². The number of aromatic carboxylic acids is 1. The zero-order valence-corrected chi connectivity index (χ0v) is 17.0. The van der Waals surface area contributed by atoms with Crippen LogP contribution in [-0.2, 0) is 13.0 Å². The molecule has 152 valence electrons. The number of fused-ring (bicyclic) bond motifs is 3. The summed E-state index contributed by atoms with van der Waals surface area (Å²) < 4.78 is 0. The van der Waals surface area contributed by atoms with Gasteiger partial charge in [-0.25, -0.2) is 4.79 Å². The average Bonchev–Trinajstić information content (AvgIpc) is 2.79. The molecule has 2 aliphatic heterocycles.